The van der Waals surface area contributed by atoms with Crippen molar-refractivity contribution in [2.45, 2.75) is 51.9 Å². The van der Waals surface area contributed by atoms with Crippen molar-refractivity contribution in [2.24, 2.45) is 11.8 Å². The minimum Gasteiger partial charge on any atom is -0.462 e. The number of aryl methyl sites for hydroxylation is 1. The molecule has 3 aliphatic rings. The Labute approximate surface area is 189 Å². The first-order valence-electron chi connectivity index (χ1n) is 11.0. The summed E-state index contributed by atoms with van der Waals surface area (Å²) >= 11 is 1.33. The fourth-order valence-corrected chi connectivity index (χ4v) is 6.08. The van der Waals surface area contributed by atoms with Gasteiger partial charge in [0, 0.05) is 4.88 Å². The van der Waals surface area contributed by atoms with Crippen LogP contribution in [0.5, 0.6) is 0 Å². The fraction of sp³-hybridized carbons (Fsp3) is 0.591. The maximum absolute atomic E-state index is 12.5. The zero-order chi connectivity index (χ0) is 22.8. The molecule has 0 radical (unpaired) electrons. The number of nitrogens with one attached hydrogen (secondary N) is 1. The van der Waals surface area contributed by atoms with Gasteiger partial charge in [0.25, 0.3) is 5.91 Å². The highest BCUT2D eigenvalue weighted by Gasteiger charge is 2.48. The van der Waals surface area contributed by atoms with Crippen molar-refractivity contribution in [3.63, 3.8) is 0 Å². The molecule has 0 aromatic carbocycles. The van der Waals surface area contributed by atoms with Crippen LogP contribution in [-0.2, 0) is 41.5 Å². The summed E-state index contributed by atoms with van der Waals surface area (Å²) < 4.78 is 10.1. The van der Waals surface area contributed by atoms with Gasteiger partial charge in [-0.25, -0.2) is 4.79 Å². The van der Waals surface area contributed by atoms with Crippen molar-refractivity contribution in [1.29, 1.82) is 0 Å². The number of anilines is 1. The topological polar surface area (TPSA) is 119 Å². The summed E-state index contributed by atoms with van der Waals surface area (Å²) in [6.07, 6.45) is 5.68. The zero-order valence-electron chi connectivity index (χ0n) is 17.9. The van der Waals surface area contributed by atoms with E-state index in [0.29, 0.717) is 23.4 Å². The van der Waals surface area contributed by atoms with Crippen LogP contribution in [0, 0.1) is 11.8 Å². The third kappa shape index (κ3) is 4.28. The molecule has 3 amide bonds. The van der Waals surface area contributed by atoms with Crippen molar-refractivity contribution >= 4 is 46.0 Å². The van der Waals surface area contributed by atoms with Crippen LogP contribution in [0.1, 0.15) is 59.8 Å². The number of nitrogens with zero attached hydrogens (tertiary/aromatic N) is 1. The van der Waals surface area contributed by atoms with E-state index < -0.39 is 31.0 Å². The van der Waals surface area contributed by atoms with E-state index in [-0.39, 0.29) is 30.3 Å². The molecule has 10 heteroatoms. The van der Waals surface area contributed by atoms with Crippen LogP contribution >= 0.6 is 11.3 Å². The van der Waals surface area contributed by atoms with Crippen LogP contribution in [0.3, 0.4) is 0 Å². The average Bonchev–Trinajstić information content (AvgIpc) is 3.41. The van der Waals surface area contributed by atoms with Crippen LogP contribution in [0.4, 0.5) is 5.00 Å². The van der Waals surface area contributed by atoms with Gasteiger partial charge in [0.05, 0.1) is 24.0 Å². The molecule has 9 nitrogen and oxygen atoms in total. The molecule has 2 fully saturated rings. The number of carbonyl (C=O) groups excluding carboxylic acids is 5. The van der Waals surface area contributed by atoms with Crippen molar-refractivity contribution in [1.82, 2.24) is 4.90 Å². The van der Waals surface area contributed by atoms with Gasteiger partial charge in [-0.15, -0.1) is 11.3 Å². The first-order chi connectivity index (χ1) is 15.4. The van der Waals surface area contributed by atoms with E-state index in [1.54, 1.807) is 6.92 Å². The molecule has 1 aliphatic heterocycles. The van der Waals surface area contributed by atoms with E-state index in [1.165, 1.54) is 11.3 Å². The van der Waals surface area contributed by atoms with Crippen molar-refractivity contribution in [2.75, 3.05) is 25.1 Å². The largest absolute Gasteiger partial charge is 0.462 e. The Bertz CT molecular complexity index is 946. The molecule has 172 valence electrons. The van der Waals surface area contributed by atoms with E-state index in [0.717, 1.165) is 47.4 Å². The molecule has 1 saturated heterocycles. The molecule has 1 aromatic heterocycles. The third-order valence-corrected chi connectivity index (χ3v) is 7.44. The predicted molar refractivity (Wildman–Crippen MR) is 114 cm³/mol. The van der Waals surface area contributed by atoms with Gasteiger partial charge in [-0.2, -0.15) is 0 Å². The standard InChI is InChI=1S/C22H26N2O7S/c1-2-30-22(29)18-14-8-5-9-15(14)32-19(18)23-16(25)11-31-17(26)10-24-20(27)12-6-3-4-7-13(12)21(24)28/h12-13H,2-11H2,1H3,(H,23,25). The predicted octanol–water partition coefficient (Wildman–Crippen LogP) is 2.07. The number of amides is 3. The highest BCUT2D eigenvalue weighted by molar-refractivity contribution is 7.17. The van der Waals surface area contributed by atoms with Gasteiger partial charge >= 0.3 is 11.9 Å². The summed E-state index contributed by atoms with van der Waals surface area (Å²) in [5.41, 5.74) is 1.29. The molecule has 2 atom stereocenters. The summed E-state index contributed by atoms with van der Waals surface area (Å²) in [5, 5.41) is 3.03. The van der Waals surface area contributed by atoms with Gasteiger partial charge in [0.1, 0.15) is 11.5 Å². The highest BCUT2D eigenvalue weighted by atomic mass is 32.1. The van der Waals surface area contributed by atoms with E-state index in [4.69, 9.17) is 9.47 Å². The van der Waals surface area contributed by atoms with E-state index in [9.17, 15) is 24.0 Å². The molecular formula is C22H26N2O7S. The number of thiophene rings is 1. The molecule has 4 rings (SSSR count). The number of esters is 2. The van der Waals surface area contributed by atoms with E-state index in [1.807, 2.05) is 0 Å². The maximum Gasteiger partial charge on any atom is 0.341 e. The Morgan fingerprint density at radius 3 is 2.38 bits per heavy atom. The van der Waals surface area contributed by atoms with Crippen LogP contribution in [-0.4, -0.2) is 54.3 Å². The number of hydrogen-bond acceptors (Lipinski definition) is 8. The van der Waals surface area contributed by atoms with Crippen molar-refractivity contribution < 1.29 is 33.4 Å². The lowest BCUT2D eigenvalue weighted by atomic mass is 9.81. The highest BCUT2D eigenvalue weighted by Crippen LogP contribution is 2.40. The zero-order valence-corrected chi connectivity index (χ0v) is 18.8. The van der Waals surface area contributed by atoms with Crippen LogP contribution in [0.25, 0.3) is 0 Å². The molecule has 2 unspecified atom stereocenters. The number of likely N-dealkylation sites (tertiary alicyclic amines) is 1. The number of hydrogen-bond donors (Lipinski definition) is 1. The van der Waals surface area contributed by atoms with Gasteiger partial charge in [0.15, 0.2) is 6.61 Å². The maximum atomic E-state index is 12.5. The van der Waals surface area contributed by atoms with Crippen LogP contribution in [0.2, 0.25) is 0 Å². The normalized spacial score (nSPS) is 21.8. The molecule has 32 heavy (non-hydrogen) atoms. The van der Waals surface area contributed by atoms with Crippen molar-refractivity contribution in [3.8, 4) is 0 Å². The lowest BCUT2D eigenvalue weighted by Gasteiger charge is -2.19. The van der Waals surface area contributed by atoms with E-state index >= 15 is 0 Å². The fourth-order valence-electron chi connectivity index (χ4n) is 4.78. The molecular weight excluding hydrogens is 436 g/mol. The van der Waals surface area contributed by atoms with Crippen LogP contribution in [0.15, 0.2) is 0 Å². The Kier molecular flexibility index (Phi) is 6.59. The number of ether oxygens (including phenoxy) is 2. The monoisotopic (exact) mass is 462 g/mol. The summed E-state index contributed by atoms with van der Waals surface area (Å²) in [7, 11) is 0. The molecule has 1 saturated carbocycles. The van der Waals surface area contributed by atoms with Gasteiger partial charge in [-0.05, 0) is 44.6 Å². The molecule has 1 aromatic rings. The Morgan fingerprint density at radius 1 is 1.03 bits per heavy atom. The summed E-state index contributed by atoms with van der Waals surface area (Å²) in [4.78, 5) is 63.9. The number of carbonyl (C=O) groups is 5. The second-order valence-corrected chi connectivity index (χ2v) is 9.36. The van der Waals surface area contributed by atoms with E-state index in [2.05, 4.69) is 5.32 Å². The smallest absolute Gasteiger partial charge is 0.341 e. The second kappa shape index (κ2) is 9.40. The minimum atomic E-state index is -0.820. The molecule has 2 aliphatic carbocycles. The first kappa shape index (κ1) is 22.4. The Hall–Kier alpha value is -2.75. The molecule has 0 spiro atoms. The van der Waals surface area contributed by atoms with Crippen LogP contribution < -0.4 is 5.32 Å². The SMILES string of the molecule is CCOC(=O)c1c(NC(=O)COC(=O)CN2C(=O)C3CCCCC3C2=O)sc2c1CCC2. The van der Waals surface area contributed by atoms with Gasteiger partial charge in [-0.3, -0.25) is 24.1 Å². The van der Waals surface area contributed by atoms with Gasteiger partial charge in [-0.1, -0.05) is 12.8 Å². The Morgan fingerprint density at radius 2 is 1.72 bits per heavy atom. The molecule has 1 N–H and O–H groups in total. The summed E-state index contributed by atoms with van der Waals surface area (Å²) in [6.45, 7) is 0.878. The van der Waals surface area contributed by atoms with Crippen molar-refractivity contribution in [3.05, 3.63) is 16.0 Å². The third-order valence-electron chi connectivity index (χ3n) is 6.24. The quantitative estimate of drug-likeness (QED) is 0.487. The second-order valence-electron chi connectivity index (χ2n) is 8.25. The Balaban J connectivity index is 1.33. The molecule has 0 bridgehead atoms. The summed E-state index contributed by atoms with van der Waals surface area (Å²) in [6, 6.07) is 0. The molecule has 2 heterocycles. The van der Waals surface area contributed by atoms with Gasteiger partial charge in [0.2, 0.25) is 11.8 Å². The average molecular weight is 463 g/mol. The summed E-state index contributed by atoms with van der Waals surface area (Å²) in [5.74, 6) is -3.23. The number of imide groups is 1. The lowest BCUT2D eigenvalue weighted by Crippen LogP contribution is -2.37. The lowest BCUT2D eigenvalue weighted by molar-refractivity contribution is -0.154. The number of fused-ring (bicyclic) bond motifs is 2. The number of rotatable bonds is 7. The first-order valence-corrected chi connectivity index (χ1v) is 11.8. The minimum absolute atomic E-state index is 0.226. The van der Waals surface area contributed by atoms with Gasteiger partial charge < -0.3 is 14.8 Å².